The fraction of sp³-hybridized carbons (Fsp3) is 0.533. The van der Waals surface area contributed by atoms with Gasteiger partial charge in [0, 0.05) is 12.3 Å². The van der Waals surface area contributed by atoms with Crippen LogP contribution in [0.15, 0.2) is 23.1 Å². The number of nitrogen functional groups attached to an aromatic ring is 1. The molecule has 21 heavy (non-hydrogen) atoms. The van der Waals surface area contributed by atoms with Gasteiger partial charge < -0.3 is 10.3 Å². The van der Waals surface area contributed by atoms with Gasteiger partial charge in [0.1, 0.15) is 5.52 Å². The second-order valence-corrected chi connectivity index (χ2v) is 8.01. The number of benzene rings is 1. The van der Waals surface area contributed by atoms with Crippen molar-refractivity contribution in [2.45, 2.75) is 43.5 Å². The number of hydrogen-bond acceptors (Lipinski definition) is 4. The molecule has 0 amide bonds. The summed E-state index contributed by atoms with van der Waals surface area (Å²) in [7, 11) is -3.31. The molecule has 1 atom stereocenters. The fourth-order valence-corrected chi connectivity index (χ4v) is 4.31. The van der Waals surface area contributed by atoms with Crippen LogP contribution in [0.25, 0.3) is 11.0 Å². The van der Waals surface area contributed by atoms with Gasteiger partial charge in [-0.3, -0.25) is 0 Å². The van der Waals surface area contributed by atoms with Gasteiger partial charge >= 0.3 is 0 Å². The van der Waals surface area contributed by atoms with Gasteiger partial charge in [-0.2, -0.15) is 0 Å². The zero-order valence-corrected chi connectivity index (χ0v) is 13.2. The van der Waals surface area contributed by atoms with E-state index in [1.807, 2.05) is 10.6 Å². The Hall–Kier alpha value is -1.56. The van der Waals surface area contributed by atoms with Gasteiger partial charge in [-0.1, -0.05) is 18.9 Å². The van der Waals surface area contributed by atoms with Gasteiger partial charge in [-0.15, -0.1) is 0 Å². The van der Waals surface area contributed by atoms with Crippen LogP contribution in [0, 0.1) is 5.92 Å². The number of nitrogens with two attached hydrogens (primary N) is 1. The average Bonchev–Trinajstić information content (AvgIpc) is 3.02. The Bertz CT molecular complexity index is 774. The first-order chi connectivity index (χ1) is 9.89. The van der Waals surface area contributed by atoms with Crippen LogP contribution >= 0.6 is 0 Å². The lowest BCUT2D eigenvalue weighted by molar-refractivity contribution is 0.371. The average molecular weight is 307 g/mol. The molecule has 1 aromatic carbocycles. The monoisotopic (exact) mass is 307 g/mol. The highest BCUT2D eigenvalue weighted by Crippen LogP contribution is 2.37. The lowest BCUT2D eigenvalue weighted by Crippen LogP contribution is -2.16. The summed E-state index contributed by atoms with van der Waals surface area (Å²) < 4.78 is 25.8. The number of para-hydroxylation sites is 1. The maximum Gasteiger partial charge on any atom is 0.201 e. The molecule has 114 valence electrons. The molecule has 0 spiro atoms. The molecule has 1 aliphatic carbocycles. The molecule has 2 aromatic rings. The Kier molecular flexibility index (Phi) is 3.43. The van der Waals surface area contributed by atoms with E-state index in [1.165, 1.54) is 31.9 Å². The third kappa shape index (κ3) is 2.41. The van der Waals surface area contributed by atoms with Crippen LogP contribution in [0.3, 0.4) is 0 Å². The van der Waals surface area contributed by atoms with E-state index in [1.54, 1.807) is 12.1 Å². The Balaban J connectivity index is 2.18. The van der Waals surface area contributed by atoms with Gasteiger partial charge in [-0.05, 0) is 37.8 Å². The molecule has 1 heterocycles. The van der Waals surface area contributed by atoms with Crippen molar-refractivity contribution in [3.8, 4) is 0 Å². The molecule has 3 rings (SSSR count). The van der Waals surface area contributed by atoms with E-state index in [-0.39, 0.29) is 10.9 Å². The van der Waals surface area contributed by atoms with Gasteiger partial charge in [0.2, 0.25) is 5.95 Å². The number of nitrogens with zero attached hydrogens (tertiary/aromatic N) is 2. The third-order valence-corrected chi connectivity index (χ3v) is 5.73. The molecule has 5 nitrogen and oxygen atoms in total. The van der Waals surface area contributed by atoms with Gasteiger partial charge in [0.25, 0.3) is 0 Å². The first-order valence-electron chi connectivity index (χ1n) is 7.36. The molecule has 0 aliphatic heterocycles. The normalized spacial score (nSPS) is 18.4. The molecule has 1 saturated carbocycles. The Morgan fingerprint density at radius 1 is 1.33 bits per heavy atom. The molecule has 6 heteroatoms. The summed E-state index contributed by atoms with van der Waals surface area (Å²) in [5.74, 6) is 0.993. The minimum atomic E-state index is -3.31. The van der Waals surface area contributed by atoms with Crippen molar-refractivity contribution < 1.29 is 8.42 Å². The fourth-order valence-electron chi connectivity index (χ4n) is 3.49. The summed E-state index contributed by atoms with van der Waals surface area (Å²) in [5, 5.41) is 0. The number of aromatic nitrogens is 2. The van der Waals surface area contributed by atoms with Crippen molar-refractivity contribution in [3.05, 3.63) is 18.2 Å². The first kappa shape index (κ1) is 14.4. The summed E-state index contributed by atoms with van der Waals surface area (Å²) in [6.07, 6.45) is 6.13. The van der Waals surface area contributed by atoms with E-state index in [4.69, 9.17) is 5.73 Å². The topological polar surface area (TPSA) is 78.0 Å². The van der Waals surface area contributed by atoms with Crippen LogP contribution < -0.4 is 5.73 Å². The zero-order valence-electron chi connectivity index (χ0n) is 12.4. The molecule has 0 saturated heterocycles. The van der Waals surface area contributed by atoms with Crippen LogP contribution in [0.2, 0.25) is 0 Å². The third-order valence-electron chi connectivity index (χ3n) is 4.60. The summed E-state index contributed by atoms with van der Waals surface area (Å²) in [4.78, 5) is 4.59. The maximum atomic E-state index is 11.9. The molecule has 0 radical (unpaired) electrons. The second kappa shape index (κ2) is 5.02. The van der Waals surface area contributed by atoms with E-state index in [0.717, 1.165) is 5.52 Å². The summed E-state index contributed by atoms with van der Waals surface area (Å²) in [6, 6.07) is 5.50. The van der Waals surface area contributed by atoms with Crippen molar-refractivity contribution in [2.75, 3.05) is 12.0 Å². The van der Waals surface area contributed by atoms with E-state index in [2.05, 4.69) is 11.9 Å². The number of imidazole rings is 1. The summed E-state index contributed by atoms with van der Waals surface area (Å²) in [5.41, 5.74) is 7.39. The molecule has 1 aromatic heterocycles. The van der Waals surface area contributed by atoms with E-state index >= 15 is 0 Å². The minimum Gasteiger partial charge on any atom is -0.369 e. The van der Waals surface area contributed by atoms with Crippen LogP contribution in [0.1, 0.15) is 38.6 Å². The Morgan fingerprint density at radius 3 is 2.62 bits per heavy atom. The Morgan fingerprint density at radius 2 is 2.00 bits per heavy atom. The van der Waals surface area contributed by atoms with Crippen molar-refractivity contribution in [3.63, 3.8) is 0 Å². The second-order valence-electron chi connectivity index (χ2n) is 6.02. The molecular weight excluding hydrogens is 286 g/mol. The molecular formula is C15H21N3O2S. The van der Waals surface area contributed by atoms with Crippen LogP contribution in [0.4, 0.5) is 5.95 Å². The molecule has 0 bridgehead atoms. The lowest BCUT2D eigenvalue weighted by Gasteiger charge is -2.22. The van der Waals surface area contributed by atoms with Crippen molar-refractivity contribution in [1.82, 2.24) is 9.55 Å². The zero-order chi connectivity index (χ0) is 15.2. The van der Waals surface area contributed by atoms with Crippen molar-refractivity contribution >= 4 is 26.8 Å². The van der Waals surface area contributed by atoms with E-state index in [0.29, 0.717) is 17.4 Å². The summed E-state index contributed by atoms with van der Waals surface area (Å²) in [6.45, 7) is 2.15. The summed E-state index contributed by atoms with van der Waals surface area (Å²) >= 11 is 0. The van der Waals surface area contributed by atoms with Gasteiger partial charge in [-0.25, -0.2) is 13.4 Å². The first-order valence-corrected chi connectivity index (χ1v) is 9.25. The predicted molar refractivity (Wildman–Crippen MR) is 83.9 cm³/mol. The van der Waals surface area contributed by atoms with Crippen molar-refractivity contribution in [1.29, 1.82) is 0 Å². The maximum absolute atomic E-state index is 11.9. The minimum absolute atomic E-state index is 0.243. The SMILES string of the molecule is CC(C1CCCC1)n1c(N)nc2c(S(C)(=O)=O)cccc21. The highest BCUT2D eigenvalue weighted by Gasteiger charge is 2.27. The highest BCUT2D eigenvalue weighted by molar-refractivity contribution is 7.91. The van der Waals surface area contributed by atoms with Gasteiger partial charge in [0.15, 0.2) is 9.84 Å². The van der Waals surface area contributed by atoms with Crippen LogP contribution in [-0.2, 0) is 9.84 Å². The molecule has 1 aliphatic rings. The number of rotatable bonds is 3. The van der Waals surface area contributed by atoms with Crippen LogP contribution in [-0.4, -0.2) is 24.2 Å². The van der Waals surface area contributed by atoms with E-state index in [9.17, 15) is 8.42 Å². The number of anilines is 1. The standard InChI is InChI=1S/C15H21N3O2S/c1-10(11-6-3-4-7-11)18-12-8-5-9-13(21(2,19)20)14(12)17-15(18)16/h5,8-11H,3-4,6-7H2,1-2H3,(H2,16,17). The largest absolute Gasteiger partial charge is 0.369 e. The number of sulfone groups is 1. The van der Waals surface area contributed by atoms with Crippen molar-refractivity contribution in [2.24, 2.45) is 5.92 Å². The molecule has 2 N–H and O–H groups in total. The smallest absolute Gasteiger partial charge is 0.201 e. The molecule has 1 unspecified atom stereocenters. The van der Waals surface area contributed by atoms with Crippen LogP contribution in [0.5, 0.6) is 0 Å². The number of hydrogen-bond donors (Lipinski definition) is 1. The predicted octanol–water partition coefficient (Wildman–Crippen LogP) is 2.77. The quantitative estimate of drug-likeness (QED) is 0.945. The Labute approximate surface area is 125 Å². The molecule has 1 fully saturated rings. The van der Waals surface area contributed by atoms with E-state index < -0.39 is 9.84 Å². The highest BCUT2D eigenvalue weighted by atomic mass is 32.2. The van der Waals surface area contributed by atoms with Gasteiger partial charge in [0.05, 0.1) is 10.4 Å². The lowest BCUT2D eigenvalue weighted by atomic mass is 9.99. The number of fused-ring (bicyclic) bond motifs is 1.